The highest BCUT2D eigenvalue weighted by Gasteiger charge is 2.23. The summed E-state index contributed by atoms with van der Waals surface area (Å²) in [7, 11) is 1.37. The number of benzene rings is 1. The third kappa shape index (κ3) is 7.75. The Morgan fingerprint density at radius 3 is 2.21 bits per heavy atom. The third-order valence-electron chi connectivity index (χ3n) is 4.40. The summed E-state index contributed by atoms with van der Waals surface area (Å²) in [5, 5.41) is 0. The number of carbonyl (C=O) groups excluding carboxylic acids is 1. The number of esters is 1. The average Bonchev–Trinajstić information content (AvgIpc) is 2.58. The predicted molar refractivity (Wildman–Crippen MR) is 118 cm³/mol. The summed E-state index contributed by atoms with van der Waals surface area (Å²) in [6, 6.07) is 6.52. The molecule has 0 radical (unpaired) electrons. The Bertz CT molecular complexity index is 766. The van der Waals surface area contributed by atoms with Crippen molar-refractivity contribution in [1.29, 1.82) is 0 Å². The van der Waals surface area contributed by atoms with Crippen molar-refractivity contribution < 1.29 is 14.3 Å². The average molecular weight is 385 g/mol. The van der Waals surface area contributed by atoms with Crippen LogP contribution in [0.3, 0.4) is 0 Å². The van der Waals surface area contributed by atoms with Gasteiger partial charge in [-0.3, -0.25) is 0 Å². The minimum Gasteiger partial charge on any atom is -0.489 e. The fraction of sp³-hybridized carbons (Fsp3) is 0.480. The van der Waals surface area contributed by atoms with E-state index in [4.69, 9.17) is 4.74 Å². The van der Waals surface area contributed by atoms with Crippen LogP contribution in [-0.2, 0) is 20.4 Å². The largest absolute Gasteiger partial charge is 0.489 e. The quantitative estimate of drug-likeness (QED) is 0.329. The number of ether oxygens (including phenoxy) is 2. The molecule has 0 aliphatic rings. The van der Waals surface area contributed by atoms with Crippen LogP contribution in [-0.4, -0.2) is 19.7 Å². The molecule has 3 heteroatoms. The SMILES string of the molecule is COC(=O)/C=C(C)/C=C/C=C(\C)COc1ccc(C(C)(C)C)cc1C(C)(C)C. The van der Waals surface area contributed by atoms with Gasteiger partial charge in [-0.15, -0.1) is 0 Å². The molecule has 0 saturated carbocycles. The first-order valence-electron chi connectivity index (χ1n) is 9.72. The van der Waals surface area contributed by atoms with Crippen LogP contribution in [0.4, 0.5) is 0 Å². The zero-order valence-corrected chi connectivity index (χ0v) is 19.0. The molecule has 1 aromatic carbocycles. The van der Waals surface area contributed by atoms with Gasteiger partial charge in [0.15, 0.2) is 0 Å². The Morgan fingerprint density at radius 2 is 1.68 bits per heavy atom. The second-order valence-corrected chi connectivity index (χ2v) is 9.28. The van der Waals surface area contributed by atoms with Crippen LogP contribution >= 0.6 is 0 Å². The van der Waals surface area contributed by atoms with E-state index in [9.17, 15) is 4.79 Å². The highest BCUT2D eigenvalue weighted by Crippen LogP contribution is 2.35. The Labute approximate surface area is 171 Å². The normalized spacial score (nSPS) is 13.8. The van der Waals surface area contributed by atoms with E-state index < -0.39 is 0 Å². The molecule has 0 heterocycles. The van der Waals surface area contributed by atoms with Gasteiger partial charge in [-0.05, 0) is 53.0 Å². The molecule has 1 aromatic rings. The van der Waals surface area contributed by atoms with Crippen molar-refractivity contribution in [3.05, 3.63) is 64.8 Å². The Hall–Kier alpha value is -2.29. The zero-order valence-electron chi connectivity index (χ0n) is 19.0. The highest BCUT2D eigenvalue weighted by atomic mass is 16.5. The number of methoxy groups -OCH3 is 1. The number of hydrogen-bond acceptors (Lipinski definition) is 3. The maximum Gasteiger partial charge on any atom is 0.330 e. The zero-order chi connectivity index (χ0) is 21.5. The molecule has 1 rings (SSSR count). The summed E-state index contributed by atoms with van der Waals surface area (Å²) in [6.07, 6.45) is 7.25. The van der Waals surface area contributed by atoms with Crippen LogP contribution in [0.2, 0.25) is 0 Å². The lowest BCUT2D eigenvalue weighted by Gasteiger charge is -2.27. The molecule has 0 amide bonds. The van der Waals surface area contributed by atoms with E-state index in [2.05, 4.69) is 64.5 Å². The Balaban J connectivity index is 2.91. The van der Waals surface area contributed by atoms with Gasteiger partial charge in [0, 0.05) is 6.08 Å². The first-order chi connectivity index (χ1) is 12.8. The summed E-state index contributed by atoms with van der Waals surface area (Å²) in [4.78, 5) is 11.2. The molecular formula is C25H36O3. The van der Waals surface area contributed by atoms with Crippen LogP contribution in [0.5, 0.6) is 5.75 Å². The van der Waals surface area contributed by atoms with E-state index in [0.29, 0.717) is 6.61 Å². The van der Waals surface area contributed by atoms with Gasteiger partial charge in [-0.25, -0.2) is 4.79 Å². The highest BCUT2D eigenvalue weighted by molar-refractivity contribution is 5.83. The second kappa shape index (κ2) is 9.77. The van der Waals surface area contributed by atoms with Gasteiger partial charge in [-0.2, -0.15) is 0 Å². The summed E-state index contributed by atoms with van der Waals surface area (Å²) in [6.45, 7) is 17.7. The van der Waals surface area contributed by atoms with E-state index >= 15 is 0 Å². The number of allylic oxidation sites excluding steroid dienone is 4. The molecule has 0 unspecified atom stereocenters. The number of rotatable bonds is 6. The smallest absolute Gasteiger partial charge is 0.330 e. The van der Waals surface area contributed by atoms with Crippen molar-refractivity contribution in [2.24, 2.45) is 0 Å². The fourth-order valence-corrected chi connectivity index (χ4v) is 2.61. The van der Waals surface area contributed by atoms with Crippen LogP contribution in [0.25, 0.3) is 0 Å². The summed E-state index contributed by atoms with van der Waals surface area (Å²) < 4.78 is 10.8. The molecular weight excluding hydrogens is 348 g/mol. The minimum atomic E-state index is -0.348. The maximum absolute atomic E-state index is 11.2. The van der Waals surface area contributed by atoms with Crippen molar-refractivity contribution in [2.45, 2.75) is 66.2 Å². The van der Waals surface area contributed by atoms with E-state index in [1.807, 2.05) is 32.1 Å². The lowest BCUT2D eigenvalue weighted by molar-refractivity contribution is -0.134. The lowest BCUT2D eigenvalue weighted by atomic mass is 9.80. The molecule has 0 fully saturated rings. The van der Waals surface area contributed by atoms with Crippen molar-refractivity contribution in [3.8, 4) is 5.75 Å². The summed E-state index contributed by atoms with van der Waals surface area (Å²) in [5.74, 6) is 0.582. The van der Waals surface area contributed by atoms with Crippen molar-refractivity contribution in [3.63, 3.8) is 0 Å². The molecule has 0 atom stereocenters. The number of hydrogen-bond donors (Lipinski definition) is 0. The van der Waals surface area contributed by atoms with E-state index in [0.717, 1.165) is 16.9 Å². The molecule has 0 spiro atoms. The topological polar surface area (TPSA) is 35.5 Å². The van der Waals surface area contributed by atoms with Gasteiger partial charge in [0.25, 0.3) is 0 Å². The van der Waals surface area contributed by atoms with E-state index in [1.165, 1.54) is 24.3 Å². The lowest BCUT2D eigenvalue weighted by Crippen LogP contribution is -2.18. The standard InChI is InChI=1S/C25H36O3/c1-18(15-23(26)27-9)11-10-12-19(2)17-28-22-14-13-20(24(3,4)5)16-21(22)25(6,7)8/h10-16H,17H2,1-9H3/b11-10+,18-15+,19-12+. The molecule has 0 aromatic heterocycles. The van der Waals surface area contributed by atoms with Crippen molar-refractivity contribution in [1.82, 2.24) is 0 Å². The maximum atomic E-state index is 11.2. The van der Waals surface area contributed by atoms with Crippen molar-refractivity contribution in [2.75, 3.05) is 13.7 Å². The Morgan fingerprint density at radius 1 is 1.04 bits per heavy atom. The van der Waals surface area contributed by atoms with Gasteiger partial charge >= 0.3 is 5.97 Å². The van der Waals surface area contributed by atoms with E-state index in [1.54, 1.807) is 0 Å². The molecule has 0 bridgehead atoms. The van der Waals surface area contributed by atoms with Gasteiger partial charge in [0.05, 0.1) is 7.11 Å². The van der Waals surface area contributed by atoms with E-state index in [-0.39, 0.29) is 16.8 Å². The van der Waals surface area contributed by atoms with Crippen molar-refractivity contribution >= 4 is 5.97 Å². The second-order valence-electron chi connectivity index (χ2n) is 9.28. The number of carbonyl (C=O) groups is 1. The fourth-order valence-electron chi connectivity index (χ4n) is 2.61. The van der Waals surface area contributed by atoms with Crippen LogP contribution < -0.4 is 4.74 Å². The summed E-state index contributed by atoms with van der Waals surface area (Å²) in [5.41, 5.74) is 4.58. The third-order valence-corrected chi connectivity index (χ3v) is 4.40. The Kier molecular flexibility index (Phi) is 8.29. The van der Waals surface area contributed by atoms with Gasteiger partial charge < -0.3 is 9.47 Å². The van der Waals surface area contributed by atoms with Crippen LogP contribution in [0.1, 0.15) is 66.5 Å². The molecule has 0 N–H and O–H groups in total. The molecule has 3 nitrogen and oxygen atoms in total. The first kappa shape index (κ1) is 23.7. The molecule has 0 aliphatic carbocycles. The predicted octanol–water partition coefficient (Wildman–Crippen LogP) is 6.28. The molecule has 154 valence electrons. The van der Waals surface area contributed by atoms with Gasteiger partial charge in [-0.1, -0.05) is 71.9 Å². The van der Waals surface area contributed by atoms with Gasteiger partial charge in [0.1, 0.15) is 12.4 Å². The summed E-state index contributed by atoms with van der Waals surface area (Å²) >= 11 is 0. The van der Waals surface area contributed by atoms with Gasteiger partial charge in [0.2, 0.25) is 0 Å². The van der Waals surface area contributed by atoms with Crippen LogP contribution in [0.15, 0.2) is 53.6 Å². The molecule has 0 aliphatic heterocycles. The molecule has 0 saturated heterocycles. The molecule has 28 heavy (non-hydrogen) atoms. The minimum absolute atomic E-state index is 0.00388. The first-order valence-corrected chi connectivity index (χ1v) is 9.72. The van der Waals surface area contributed by atoms with Crippen LogP contribution in [0, 0.1) is 0 Å². The monoisotopic (exact) mass is 384 g/mol.